The molecule has 5 heteroatoms. The van der Waals surface area contributed by atoms with Gasteiger partial charge in [-0.25, -0.2) is 0 Å². The van der Waals surface area contributed by atoms with Gasteiger partial charge in [0.2, 0.25) is 0 Å². The zero-order valence-electron chi connectivity index (χ0n) is 4.38. The number of hydrogen-bond donors (Lipinski definition) is 0. The van der Waals surface area contributed by atoms with E-state index in [2.05, 4.69) is 0 Å². The molecule has 3 nitrogen and oxygen atoms in total. The summed E-state index contributed by atoms with van der Waals surface area (Å²) in [4.78, 5) is 9.48. The molecule has 0 saturated carbocycles. The summed E-state index contributed by atoms with van der Waals surface area (Å²) in [6.07, 6.45) is 0. The molecule has 0 fully saturated rings. The average Bonchev–Trinajstić information content (AvgIpc) is 1.61. The largest absolute Gasteiger partial charge is 1.00 e. The van der Waals surface area contributed by atoms with Crippen LogP contribution in [-0.4, -0.2) is 11.7 Å². The van der Waals surface area contributed by atoms with Crippen molar-refractivity contribution >= 4 is 17.7 Å². The van der Waals surface area contributed by atoms with E-state index in [0.717, 1.165) is 0 Å². The Labute approximate surface area is 73.4 Å². The maximum atomic E-state index is 9.48. The molecule has 0 N–H and O–H groups in total. The van der Waals surface area contributed by atoms with Gasteiger partial charge in [-0.3, -0.25) is 0 Å². The van der Waals surface area contributed by atoms with E-state index in [1.165, 1.54) is 0 Å². The van der Waals surface area contributed by atoms with Crippen molar-refractivity contribution in [3.05, 3.63) is 0 Å². The van der Waals surface area contributed by atoms with E-state index >= 15 is 0 Å². The SMILES string of the molecule is N#CSCC(=O)[O-].[Na+]. The molecule has 0 spiro atoms. The Bertz CT molecular complexity index is 110. The summed E-state index contributed by atoms with van der Waals surface area (Å²) in [5, 5.41) is 18.8. The van der Waals surface area contributed by atoms with Crippen LogP contribution in [0.5, 0.6) is 0 Å². The maximum absolute atomic E-state index is 9.48. The molecule has 0 amide bonds. The minimum atomic E-state index is -1.20. The van der Waals surface area contributed by atoms with Crippen LogP contribution in [-0.2, 0) is 4.79 Å². The Morgan fingerprint density at radius 1 is 1.88 bits per heavy atom. The van der Waals surface area contributed by atoms with Gasteiger partial charge in [0.1, 0.15) is 5.40 Å². The van der Waals surface area contributed by atoms with Gasteiger partial charge in [0.25, 0.3) is 0 Å². The number of carbonyl (C=O) groups excluding carboxylic acids is 1. The first-order valence-corrected chi connectivity index (χ1v) is 2.46. The topological polar surface area (TPSA) is 63.9 Å². The summed E-state index contributed by atoms with van der Waals surface area (Å²) < 4.78 is 0. The Balaban J connectivity index is 0. The van der Waals surface area contributed by atoms with E-state index in [4.69, 9.17) is 5.26 Å². The monoisotopic (exact) mass is 139 g/mol. The first-order chi connectivity index (χ1) is 3.27. The van der Waals surface area contributed by atoms with Crippen molar-refractivity contribution in [2.45, 2.75) is 0 Å². The Hall–Kier alpha value is 0.310. The quantitative estimate of drug-likeness (QED) is 0.288. The molecule has 0 atom stereocenters. The van der Waals surface area contributed by atoms with Crippen LogP contribution in [0.25, 0.3) is 0 Å². The number of aliphatic carboxylic acids is 1. The van der Waals surface area contributed by atoms with Crippen molar-refractivity contribution in [1.82, 2.24) is 0 Å². The van der Waals surface area contributed by atoms with Gasteiger partial charge in [-0.2, -0.15) is 5.26 Å². The van der Waals surface area contributed by atoms with Crippen molar-refractivity contribution in [1.29, 1.82) is 5.26 Å². The average molecular weight is 139 g/mol. The number of thiocyanates is 1. The predicted molar refractivity (Wildman–Crippen MR) is 23.1 cm³/mol. The van der Waals surface area contributed by atoms with E-state index in [1.54, 1.807) is 5.40 Å². The van der Waals surface area contributed by atoms with Gasteiger partial charge in [0.15, 0.2) is 0 Å². The van der Waals surface area contributed by atoms with Gasteiger partial charge in [-0.05, 0) is 11.8 Å². The molecule has 0 saturated heterocycles. The molecule has 0 bridgehead atoms. The number of carboxylic acid groups (broad SMARTS) is 1. The van der Waals surface area contributed by atoms with Crippen molar-refractivity contribution in [2.75, 3.05) is 5.75 Å². The third kappa shape index (κ3) is 9.58. The van der Waals surface area contributed by atoms with Crippen LogP contribution >= 0.6 is 11.8 Å². The van der Waals surface area contributed by atoms with Crippen LogP contribution in [0.3, 0.4) is 0 Å². The zero-order chi connectivity index (χ0) is 5.70. The molecule has 0 heterocycles. The number of hydrogen-bond acceptors (Lipinski definition) is 4. The molecule has 0 aliphatic heterocycles. The Morgan fingerprint density at radius 2 is 2.38 bits per heavy atom. The van der Waals surface area contributed by atoms with Gasteiger partial charge in [-0.1, -0.05) is 0 Å². The number of nitrogens with zero attached hydrogens (tertiary/aromatic N) is 1. The predicted octanol–water partition coefficient (Wildman–Crippen LogP) is -4.05. The minimum absolute atomic E-state index is 0. The fraction of sp³-hybridized carbons (Fsp3) is 0.333. The maximum Gasteiger partial charge on any atom is 1.00 e. The number of carboxylic acids is 1. The summed E-state index contributed by atoms with van der Waals surface area (Å²) in [5.74, 6) is -1.44. The first kappa shape index (κ1) is 11.2. The fourth-order valence-electron chi connectivity index (χ4n) is 0.0912. The molecule has 0 radical (unpaired) electrons. The smallest absolute Gasteiger partial charge is 0.549 e. The minimum Gasteiger partial charge on any atom is -0.549 e. The van der Waals surface area contributed by atoms with Crippen molar-refractivity contribution in [2.24, 2.45) is 0 Å². The first-order valence-electron chi connectivity index (χ1n) is 1.48. The molecular weight excluding hydrogens is 137 g/mol. The van der Waals surface area contributed by atoms with Crippen molar-refractivity contribution in [3.8, 4) is 5.40 Å². The van der Waals surface area contributed by atoms with E-state index < -0.39 is 5.97 Å². The second-order valence-corrected chi connectivity index (χ2v) is 1.51. The molecular formula is C3H2NNaO2S. The van der Waals surface area contributed by atoms with Crippen LogP contribution in [0, 0.1) is 10.7 Å². The van der Waals surface area contributed by atoms with Gasteiger partial charge in [0, 0.05) is 5.75 Å². The normalized spacial score (nSPS) is 6.38. The summed E-state index contributed by atoms with van der Waals surface area (Å²) in [6, 6.07) is 0. The van der Waals surface area contributed by atoms with Gasteiger partial charge in [0.05, 0.1) is 5.97 Å². The molecule has 0 aliphatic rings. The van der Waals surface area contributed by atoms with Crippen LogP contribution in [0.15, 0.2) is 0 Å². The molecule has 0 aliphatic carbocycles. The summed E-state index contributed by atoms with van der Waals surface area (Å²) in [6.45, 7) is 0. The number of carbonyl (C=O) groups is 1. The second-order valence-electron chi connectivity index (χ2n) is 0.752. The number of rotatable bonds is 2. The number of thioether (sulfide) groups is 1. The summed E-state index contributed by atoms with van der Waals surface area (Å²) in [7, 11) is 0. The van der Waals surface area contributed by atoms with E-state index in [9.17, 15) is 9.90 Å². The van der Waals surface area contributed by atoms with Crippen molar-refractivity contribution in [3.63, 3.8) is 0 Å². The van der Waals surface area contributed by atoms with Crippen LogP contribution in [0.2, 0.25) is 0 Å². The van der Waals surface area contributed by atoms with Gasteiger partial charge < -0.3 is 9.90 Å². The molecule has 0 rings (SSSR count). The van der Waals surface area contributed by atoms with E-state index in [-0.39, 0.29) is 35.3 Å². The molecule has 0 unspecified atom stereocenters. The Morgan fingerprint density at radius 3 is 2.50 bits per heavy atom. The molecule has 38 valence electrons. The standard InChI is InChI=1S/C3H3NO2S.Na/c4-2-7-1-3(5)6;/h1H2,(H,5,6);/q;+1/p-1. The molecule has 0 aromatic carbocycles. The third-order valence-corrected chi connectivity index (χ3v) is 0.764. The fourth-order valence-corrected chi connectivity index (χ4v) is 0.274. The van der Waals surface area contributed by atoms with E-state index in [0.29, 0.717) is 11.8 Å². The second kappa shape index (κ2) is 7.31. The van der Waals surface area contributed by atoms with Crippen LogP contribution in [0.4, 0.5) is 0 Å². The molecule has 0 aromatic rings. The van der Waals surface area contributed by atoms with Crippen LogP contribution in [0.1, 0.15) is 0 Å². The molecule has 8 heavy (non-hydrogen) atoms. The van der Waals surface area contributed by atoms with Crippen molar-refractivity contribution < 1.29 is 39.5 Å². The molecule has 0 aromatic heterocycles. The third-order valence-electron chi connectivity index (χ3n) is 0.255. The van der Waals surface area contributed by atoms with Gasteiger partial charge >= 0.3 is 29.6 Å². The Kier molecular flexibility index (Phi) is 10.2. The van der Waals surface area contributed by atoms with Gasteiger partial charge in [-0.15, -0.1) is 0 Å². The van der Waals surface area contributed by atoms with Crippen LogP contribution < -0.4 is 34.7 Å². The number of nitriles is 1. The summed E-state index contributed by atoms with van der Waals surface area (Å²) >= 11 is 0.660. The zero-order valence-corrected chi connectivity index (χ0v) is 7.20. The van der Waals surface area contributed by atoms with E-state index in [1.807, 2.05) is 0 Å². The summed E-state index contributed by atoms with van der Waals surface area (Å²) in [5.41, 5.74) is 0.